The first-order valence-electron chi connectivity index (χ1n) is 5.01. The molecule has 0 spiro atoms. The van der Waals surface area contributed by atoms with Crippen LogP contribution < -0.4 is 5.32 Å². The van der Waals surface area contributed by atoms with Crippen molar-refractivity contribution in [3.63, 3.8) is 0 Å². The third-order valence-corrected chi connectivity index (χ3v) is 2.68. The van der Waals surface area contributed by atoms with Gasteiger partial charge in [-0.05, 0) is 31.2 Å². The van der Waals surface area contributed by atoms with Crippen LogP contribution in [0.15, 0.2) is 24.3 Å². The predicted octanol–water partition coefficient (Wildman–Crippen LogP) is 2.03. The van der Waals surface area contributed by atoms with Gasteiger partial charge in [-0.15, -0.1) is 10.2 Å². The Morgan fingerprint density at radius 1 is 1.29 bits per heavy atom. The highest BCUT2D eigenvalue weighted by Crippen LogP contribution is 2.10. The zero-order valence-electron chi connectivity index (χ0n) is 9.44. The monoisotopic (exact) mass is 250 g/mol. The molecule has 0 aliphatic heterocycles. The lowest BCUT2D eigenvalue weighted by Crippen LogP contribution is -2.17. The number of nitrogens with one attached hydrogen (secondary N) is 1. The summed E-state index contributed by atoms with van der Waals surface area (Å²) in [6, 6.07) is 6.81. The Hall–Kier alpha value is -1.88. The minimum absolute atomic E-state index is 0.225. The number of amides is 1. The number of carbonyl (C=O) groups is 1. The summed E-state index contributed by atoms with van der Waals surface area (Å²) in [5, 5.41) is 10.3. The van der Waals surface area contributed by atoms with Crippen LogP contribution in [0.4, 0.5) is 5.82 Å². The Balaban J connectivity index is 2.17. The lowest BCUT2D eigenvalue weighted by molar-refractivity contribution is 0.101. The minimum Gasteiger partial charge on any atom is -0.344 e. The van der Waals surface area contributed by atoms with Crippen LogP contribution >= 0.6 is 11.6 Å². The highest BCUT2D eigenvalue weighted by Gasteiger charge is 2.11. The molecule has 0 saturated carbocycles. The van der Waals surface area contributed by atoms with Crippen molar-refractivity contribution in [3.05, 3.63) is 40.8 Å². The van der Waals surface area contributed by atoms with E-state index in [-0.39, 0.29) is 11.1 Å². The van der Waals surface area contributed by atoms with Crippen molar-refractivity contribution in [3.8, 4) is 0 Å². The van der Waals surface area contributed by atoms with Gasteiger partial charge in [0.25, 0.3) is 5.91 Å². The van der Waals surface area contributed by atoms with Crippen LogP contribution in [-0.4, -0.2) is 20.7 Å². The average Bonchev–Trinajstić information content (AvgIpc) is 2.63. The van der Waals surface area contributed by atoms with E-state index in [1.54, 1.807) is 22.8 Å². The lowest BCUT2D eigenvalue weighted by Gasteiger charge is -2.05. The van der Waals surface area contributed by atoms with Crippen LogP contribution in [0.2, 0.25) is 5.15 Å². The molecule has 17 heavy (non-hydrogen) atoms. The fraction of sp³-hybridized carbons (Fsp3) is 0.182. The Kier molecular flexibility index (Phi) is 3.10. The van der Waals surface area contributed by atoms with Crippen LogP contribution in [-0.2, 0) is 7.05 Å². The third-order valence-electron chi connectivity index (χ3n) is 2.48. The van der Waals surface area contributed by atoms with Gasteiger partial charge in [0.2, 0.25) is 0 Å². The van der Waals surface area contributed by atoms with E-state index in [1.807, 2.05) is 20.0 Å². The number of hydrogen-bond acceptors (Lipinski definition) is 3. The fourth-order valence-corrected chi connectivity index (χ4v) is 1.50. The van der Waals surface area contributed by atoms with E-state index in [9.17, 15) is 4.79 Å². The van der Waals surface area contributed by atoms with E-state index in [1.165, 1.54) is 0 Å². The van der Waals surface area contributed by atoms with Crippen molar-refractivity contribution in [2.24, 2.45) is 7.05 Å². The van der Waals surface area contributed by atoms with E-state index in [0.717, 1.165) is 5.69 Å². The van der Waals surface area contributed by atoms with Crippen LogP contribution in [0.5, 0.6) is 0 Å². The number of rotatable bonds is 2. The molecule has 2 rings (SSSR count). The molecule has 2 aromatic rings. The van der Waals surface area contributed by atoms with Gasteiger partial charge in [-0.25, -0.2) is 0 Å². The van der Waals surface area contributed by atoms with Crippen molar-refractivity contribution in [1.29, 1.82) is 0 Å². The molecule has 5 nitrogen and oxygen atoms in total. The van der Waals surface area contributed by atoms with E-state index < -0.39 is 0 Å². The first-order valence-corrected chi connectivity index (χ1v) is 5.38. The normalized spacial score (nSPS) is 10.3. The molecule has 0 aliphatic rings. The van der Waals surface area contributed by atoms with E-state index >= 15 is 0 Å². The standard InChI is InChI=1S/C11H11ClN4O/c1-7-3-4-8(16(7)2)11(17)13-10-6-5-9(12)14-15-10/h3-6H,1-2H3,(H,13,15,17). The third kappa shape index (κ3) is 2.45. The van der Waals surface area contributed by atoms with E-state index in [0.29, 0.717) is 11.5 Å². The highest BCUT2D eigenvalue weighted by atomic mass is 35.5. The summed E-state index contributed by atoms with van der Waals surface area (Å²) in [4.78, 5) is 11.9. The Morgan fingerprint density at radius 3 is 2.59 bits per heavy atom. The van der Waals surface area contributed by atoms with Gasteiger partial charge >= 0.3 is 0 Å². The molecule has 6 heteroatoms. The van der Waals surface area contributed by atoms with Gasteiger partial charge < -0.3 is 9.88 Å². The van der Waals surface area contributed by atoms with Crippen molar-refractivity contribution in [1.82, 2.24) is 14.8 Å². The summed E-state index contributed by atoms with van der Waals surface area (Å²) in [5.74, 6) is 0.149. The second kappa shape index (κ2) is 4.55. The fourth-order valence-electron chi connectivity index (χ4n) is 1.40. The Morgan fingerprint density at radius 2 is 2.06 bits per heavy atom. The summed E-state index contributed by atoms with van der Waals surface area (Å²) in [6.45, 7) is 1.93. The van der Waals surface area contributed by atoms with Crippen LogP contribution in [0, 0.1) is 6.92 Å². The number of hydrogen-bond donors (Lipinski definition) is 1. The largest absolute Gasteiger partial charge is 0.344 e. The van der Waals surface area contributed by atoms with E-state index in [4.69, 9.17) is 11.6 Å². The van der Waals surface area contributed by atoms with Crippen molar-refractivity contribution in [2.45, 2.75) is 6.92 Å². The molecule has 0 radical (unpaired) electrons. The molecule has 0 bridgehead atoms. The Labute approximate surface area is 103 Å². The smallest absolute Gasteiger partial charge is 0.273 e. The molecule has 0 aromatic carbocycles. The summed E-state index contributed by atoms with van der Waals surface area (Å²) >= 11 is 5.60. The van der Waals surface area contributed by atoms with Gasteiger partial charge in [-0.2, -0.15) is 0 Å². The number of nitrogens with zero attached hydrogens (tertiary/aromatic N) is 3. The van der Waals surface area contributed by atoms with E-state index in [2.05, 4.69) is 15.5 Å². The Bertz CT molecular complexity index is 547. The lowest BCUT2D eigenvalue weighted by atomic mass is 10.4. The molecule has 0 unspecified atom stereocenters. The van der Waals surface area contributed by atoms with Gasteiger partial charge in [-0.1, -0.05) is 11.6 Å². The highest BCUT2D eigenvalue weighted by molar-refractivity contribution is 6.29. The summed E-state index contributed by atoms with van der Waals surface area (Å²) in [7, 11) is 1.83. The van der Waals surface area contributed by atoms with Crippen molar-refractivity contribution < 1.29 is 4.79 Å². The molecule has 2 heterocycles. The zero-order valence-corrected chi connectivity index (χ0v) is 10.2. The molecule has 0 fully saturated rings. The number of anilines is 1. The van der Waals surface area contributed by atoms with Crippen LogP contribution in [0.3, 0.4) is 0 Å². The summed E-state index contributed by atoms with van der Waals surface area (Å²) < 4.78 is 1.80. The molecule has 0 atom stereocenters. The molecule has 88 valence electrons. The van der Waals surface area contributed by atoms with Crippen LogP contribution in [0.1, 0.15) is 16.2 Å². The molecular formula is C11H11ClN4O. The SMILES string of the molecule is Cc1ccc(C(=O)Nc2ccc(Cl)nn2)n1C. The summed E-state index contributed by atoms with van der Waals surface area (Å²) in [6.07, 6.45) is 0. The quantitative estimate of drug-likeness (QED) is 0.887. The maximum atomic E-state index is 11.9. The van der Waals surface area contributed by atoms with Crippen molar-refractivity contribution in [2.75, 3.05) is 5.32 Å². The number of carbonyl (C=O) groups excluding carboxylic acids is 1. The predicted molar refractivity (Wildman–Crippen MR) is 65.1 cm³/mol. The van der Waals surface area contributed by atoms with Gasteiger partial charge in [0.1, 0.15) is 5.69 Å². The number of aryl methyl sites for hydroxylation is 1. The molecule has 1 N–H and O–H groups in total. The first kappa shape index (κ1) is 11.6. The van der Waals surface area contributed by atoms with Gasteiger partial charge in [-0.3, -0.25) is 4.79 Å². The maximum Gasteiger partial charge on any atom is 0.273 e. The maximum absolute atomic E-state index is 11.9. The number of aromatic nitrogens is 3. The van der Waals surface area contributed by atoms with Crippen LogP contribution in [0.25, 0.3) is 0 Å². The zero-order chi connectivity index (χ0) is 12.4. The van der Waals surface area contributed by atoms with Gasteiger partial charge in [0, 0.05) is 12.7 Å². The summed E-state index contributed by atoms with van der Waals surface area (Å²) in [5.41, 5.74) is 1.58. The molecule has 0 saturated heterocycles. The van der Waals surface area contributed by atoms with Gasteiger partial charge in [0.05, 0.1) is 0 Å². The minimum atomic E-state index is -0.225. The second-order valence-corrected chi connectivity index (χ2v) is 4.00. The molecule has 0 aliphatic carbocycles. The molecule has 1 amide bonds. The average molecular weight is 251 g/mol. The molecule has 2 aromatic heterocycles. The van der Waals surface area contributed by atoms with Crippen molar-refractivity contribution >= 4 is 23.3 Å². The topological polar surface area (TPSA) is 59.8 Å². The molecular weight excluding hydrogens is 240 g/mol. The first-order chi connectivity index (χ1) is 8.08. The van der Waals surface area contributed by atoms with Gasteiger partial charge in [0.15, 0.2) is 11.0 Å². The second-order valence-electron chi connectivity index (χ2n) is 3.61. The number of halogens is 1.